The van der Waals surface area contributed by atoms with E-state index in [2.05, 4.69) is 0 Å². The van der Waals surface area contributed by atoms with Gasteiger partial charge in [-0.2, -0.15) is 0 Å². The van der Waals surface area contributed by atoms with Crippen LogP contribution >= 0.6 is 22.9 Å². The van der Waals surface area contributed by atoms with Gasteiger partial charge in [0.2, 0.25) is 0 Å². The molecule has 0 spiro atoms. The lowest BCUT2D eigenvalue weighted by atomic mass is 10.1. The van der Waals surface area contributed by atoms with Crippen molar-refractivity contribution in [1.82, 2.24) is 0 Å². The standard InChI is InChI=1S/C17H11ClO2S/c18-12-7-9-13(10-8-12)20-17(19)15-5-2-1-4-14(15)16-6-3-11-21-16/h1-11H. The van der Waals surface area contributed by atoms with Gasteiger partial charge in [-0.1, -0.05) is 35.9 Å². The molecule has 2 nitrogen and oxygen atoms in total. The first-order valence-corrected chi connectivity index (χ1v) is 7.60. The van der Waals surface area contributed by atoms with Crippen molar-refractivity contribution in [1.29, 1.82) is 0 Å². The topological polar surface area (TPSA) is 26.3 Å². The van der Waals surface area contributed by atoms with Crippen LogP contribution in [0.1, 0.15) is 10.4 Å². The summed E-state index contributed by atoms with van der Waals surface area (Å²) >= 11 is 7.41. The molecular formula is C17H11ClO2S. The smallest absolute Gasteiger partial charge is 0.344 e. The van der Waals surface area contributed by atoms with Crippen molar-refractivity contribution in [3.05, 3.63) is 76.6 Å². The molecule has 0 unspecified atom stereocenters. The number of thiophene rings is 1. The Bertz CT molecular complexity index is 749. The van der Waals surface area contributed by atoms with Gasteiger partial charge in [0, 0.05) is 15.5 Å². The number of hydrogen-bond acceptors (Lipinski definition) is 3. The van der Waals surface area contributed by atoms with E-state index in [1.165, 1.54) is 0 Å². The molecule has 0 radical (unpaired) electrons. The van der Waals surface area contributed by atoms with Crippen LogP contribution in [0.4, 0.5) is 0 Å². The van der Waals surface area contributed by atoms with E-state index in [-0.39, 0.29) is 5.97 Å². The summed E-state index contributed by atoms with van der Waals surface area (Å²) in [5, 5.41) is 2.59. The fourth-order valence-corrected chi connectivity index (χ4v) is 2.86. The quantitative estimate of drug-likeness (QED) is 0.485. The van der Waals surface area contributed by atoms with Gasteiger partial charge in [-0.25, -0.2) is 4.79 Å². The average molecular weight is 315 g/mol. The van der Waals surface area contributed by atoms with Gasteiger partial charge in [-0.3, -0.25) is 0 Å². The zero-order valence-corrected chi connectivity index (χ0v) is 12.5. The SMILES string of the molecule is O=C(Oc1ccc(Cl)cc1)c1ccccc1-c1cccs1. The van der Waals surface area contributed by atoms with E-state index < -0.39 is 0 Å². The fraction of sp³-hybridized carbons (Fsp3) is 0. The molecule has 0 fully saturated rings. The van der Waals surface area contributed by atoms with Gasteiger partial charge in [-0.05, 0) is 41.8 Å². The predicted molar refractivity (Wildman–Crippen MR) is 86.2 cm³/mol. The zero-order chi connectivity index (χ0) is 14.7. The molecule has 21 heavy (non-hydrogen) atoms. The summed E-state index contributed by atoms with van der Waals surface area (Å²) in [6.07, 6.45) is 0. The van der Waals surface area contributed by atoms with E-state index in [0.29, 0.717) is 16.3 Å². The third-order valence-corrected chi connectivity index (χ3v) is 4.11. The minimum absolute atomic E-state index is 0.374. The van der Waals surface area contributed by atoms with E-state index in [0.717, 1.165) is 10.4 Å². The van der Waals surface area contributed by atoms with Crippen LogP contribution in [-0.4, -0.2) is 5.97 Å². The van der Waals surface area contributed by atoms with E-state index >= 15 is 0 Å². The number of benzene rings is 2. The third kappa shape index (κ3) is 3.15. The number of halogens is 1. The second-order valence-electron chi connectivity index (χ2n) is 4.37. The lowest BCUT2D eigenvalue weighted by Crippen LogP contribution is -2.09. The second kappa shape index (κ2) is 6.12. The molecule has 0 saturated heterocycles. The molecule has 0 saturated carbocycles. The molecule has 1 aromatic heterocycles. The molecule has 4 heteroatoms. The summed E-state index contributed by atoms with van der Waals surface area (Å²) in [6.45, 7) is 0. The molecule has 0 atom stereocenters. The highest BCUT2D eigenvalue weighted by Crippen LogP contribution is 2.29. The first-order chi connectivity index (χ1) is 10.2. The maximum atomic E-state index is 12.4. The van der Waals surface area contributed by atoms with Crippen molar-refractivity contribution in [2.45, 2.75) is 0 Å². The average Bonchev–Trinajstić information content (AvgIpc) is 3.04. The molecule has 0 bridgehead atoms. The summed E-state index contributed by atoms with van der Waals surface area (Å²) in [5.41, 5.74) is 1.43. The van der Waals surface area contributed by atoms with Gasteiger partial charge in [0.05, 0.1) is 5.56 Å². The highest BCUT2D eigenvalue weighted by atomic mass is 35.5. The molecular weight excluding hydrogens is 304 g/mol. The first kappa shape index (κ1) is 13.9. The van der Waals surface area contributed by atoms with Gasteiger partial charge in [-0.15, -0.1) is 11.3 Å². The number of carbonyl (C=O) groups excluding carboxylic acids is 1. The Morgan fingerprint density at radius 3 is 2.43 bits per heavy atom. The van der Waals surface area contributed by atoms with Gasteiger partial charge in [0.25, 0.3) is 0 Å². The van der Waals surface area contributed by atoms with Crippen molar-refractivity contribution in [2.24, 2.45) is 0 Å². The van der Waals surface area contributed by atoms with Crippen molar-refractivity contribution in [3.8, 4) is 16.2 Å². The highest BCUT2D eigenvalue weighted by molar-refractivity contribution is 7.13. The summed E-state index contributed by atoms with van der Waals surface area (Å²) in [5.74, 6) is 0.103. The molecule has 3 rings (SSSR count). The molecule has 1 heterocycles. The zero-order valence-electron chi connectivity index (χ0n) is 11.0. The van der Waals surface area contributed by atoms with Gasteiger partial charge in [0.15, 0.2) is 0 Å². The summed E-state index contributed by atoms with van der Waals surface area (Å²) in [4.78, 5) is 13.4. The lowest BCUT2D eigenvalue weighted by molar-refractivity contribution is 0.0735. The number of esters is 1. The number of rotatable bonds is 3. The van der Waals surface area contributed by atoms with Gasteiger partial charge >= 0.3 is 5.97 Å². The van der Waals surface area contributed by atoms with Crippen LogP contribution < -0.4 is 4.74 Å². The molecule has 0 amide bonds. The Kier molecular flexibility index (Phi) is 4.04. The highest BCUT2D eigenvalue weighted by Gasteiger charge is 2.15. The molecule has 0 aliphatic heterocycles. The van der Waals surface area contributed by atoms with E-state index in [1.54, 1.807) is 41.7 Å². The van der Waals surface area contributed by atoms with Crippen LogP contribution in [-0.2, 0) is 0 Å². The molecule has 104 valence electrons. The number of hydrogen-bond donors (Lipinski definition) is 0. The van der Waals surface area contributed by atoms with Crippen LogP contribution in [0.15, 0.2) is 66.0 Å². The van der Waals surface area contributed by atoms with Gasteiger partial charge < -0.3 is 4.74 Å². The number of carbonyl (C=O) groups is 1. The summed E-state index contributed by atoms with van der Waals surface area (Å²) in [6, 6.07) is 18.1. The Hall–Kier alpha value is -2.10. The Balaban J connectivity index is 1.90. The molecule has 0 aliphatic carbocycles. The van der Waals surface area contributed by atoms with Crippen LogP contribution in [0.25, 0.3) is 10.4 Å². The Morgan fingerprint density at radius 1 is 0.952 bits per heavy atom. The fourth-order valence-electron chi connectivity index (χ4n) is 1.97. The largest absolute Gasteiger partial charge is 0.423 e. The molecule has 3 aromatic rings. The number of ether oxygens (including phenoxy) is 1. The van der Waals surface area contributed by atoms with Gasteiger partial charge in [0.1, 0.15) is 5.75 Å². The van der Waals surface area contributed by atoms with Crippen molar-refractivity contribution in [3.63, 3.8) is 0 Å². The molecule has 0 aliphatic rings. The van der Waals surface area contributed by atoms with Crippen LogP contribution in [0.3, 0.4) is 0 Å². The van der Waals surface area contributed by atoms with Crippen molar-refractivity contribution < 1.29 is 9.53 Å². The summed E-state index contributed by atoms with van der Waals surface area (Å²) < 4.78 is 5.40. The van der Waals surface area contributed by atoms with Crippen LogP contribution in [0, 0.1) is 0 Å². The molecule has 2 aromatic carbocycles. The van der Waals surface area contributed by atoms with Crippen molar-refractivity contribution in [2.75, 3.05) is 0 Å². The maximum Gasteiger partial charge on any atom is 0.344 e. The van der Waals surface area contributed by atoms with E-state index in [4.69, 9.17) is 16.3 Å². The normalized spacial score (nSPS) is 10.3. The monoisotopic (exact) mass is 314 g/mol. The maximum absolute atomic E-state index is 12.4. The Labute approximate surface area is 131 Å². The predicted octanol–water partition coefficient (Wildman–Crippen LogP) is 5.29. The molecule has 0 N–H and O–H groups in total. The van der Waals surface area contributed by atoms with Crippen LogP contribution in [0.5, 0.6) is 5.75 Å². The van der Waals surface area contributed by atoms with E-state index in [9.17, 15) is 4.79 Å². The third-order valence-electron chi connectivity index (χ3n) is 2.96. The minimum Gasteiger partial charge on any atom is -0.423 e. The minimum atomic E-state index is -0.374. The van der Waals surface area contributed by atoms with Crippen molar-refractivity contribution >= 4 is 28.9 Å². The summed E-state index contributed by atoms with van der Waals surface area (Å²) in [7, 11) is 0. The van der Waals surface area contributed by atoms with E-state index in [1.807, 2.05) is 35.7 Å². The Morgan fingerprint density at radius 2 is 1.71 bits per heavy atom. The van der Waals surface area contributed by atoms with Crippen LogP contribution in [0.2, 0.25) is 5.02 Å². The lowest BCUT2D eigenvalue weighted by Gasteiger charge is -2.08. The first-order valence-electron chi connectivity index (χ1n) is 6.35. The second-order valence-corrected chi connectivity index (χ2v) is 5.75.